The first-order valence-electron chi connectivity index (χ1n) is 6.43. The van der Waals surface area contributed by atoms with Crippen LogP contribution in [-0.4, -0.2) is 20.4 Å². The monoisotopic (exact) mass is 268 g/mol. The first kappa shape index (κ1) is 12.5. The van der Waals surface area contributed by atoms with E-state index in [4.69, 9.17) is 9.47 Å². The molecule has 0 aliphatic carbocycles. The lowest BCUT2D eigenvalue weighted by atomic mass is 9.94. The predicted molar refractivity (Wildman–Crippen MR) is 78.6 cm³/mol. The van der Waals surface area contributed by atoms with Crippen LogP contribution in [0.2, 0.25) is 0 Å². The minimum Gasteiger partial charge on any atom is -0.493 e. The van der Waals surface area contributed by atoms with Gasteiger partial charge < -0.3 is 9.47 Å². The van der Waals surface area contributed by atoms with E-state index in [2.05, 4.69) is 22.7 Å². The van der Waals surface area contributed by atoms with Gasteiger partial charge in [-0.25, -0.2) is 0 Å². The summed E-state index contributed by atoms with van der Waals surface area (Å²) in [5.74, 6) is 1.45. The molecular formula is C16H16N2O2. The number of nitrogens with zero attached hydrogens (tertiary/aromatic N) is 1. The number of ether oxygens (including phenoxy) is 2. The summed E-state index contributed by atoms with van der Waals surface area (Å²) >= 11 is 0. The Bertz CT molecular complexity index is 653. The number of benzene rings is 2. The molecule has 1 N–H and O–H groups in total. The number of hydrogen-bond donors (Lipinski definition) is 1. The van der Waals surface area contributed by atoms with E-state index in [0.717, 1.165) is 22.6 Å². The second kappa shape index (κ2) is 5.25. The van der Waals surface area contributed by atoms with E-state index in [1.54, 1.807) is 14.2 Å². The Balaban J connectivity index is 2.04. The molecule has 2 aromatic rings. The van der Waals surface area contributed by atoms with Crippen molar-refractivity contribution in [3.05, 3.63) is 59.2 Å². The molecule has 0 saturated heterocycles. The summed E-state index contributed by atoms with van der Waals surface area (Å²) in [7, 11) is 3.28. The zero-order valence-corrected chi connectivity index (χ0v) is 11.5. The van der Waals surface area contributed by atoms with Gasteiger partial charge in [0.05, 0.1) is 26.5 Å². The van der Waals surface area contributed by atoms with E-state index in [9.17, 15) is 0 Å². The quantitative estimate of drug-likeness (QED) is 0.930. The van der Waals surface area contributed by atoms with Gasteiger partial charge >= 0.3 is 0 Å². The maximum absolute atomic E-state index is 5.36. The molecule has 2 aromatic carbocycles. The lowest BCUT2D eigenvalue weighted by Crippen LogP contribution is -2.22. The fourth-order valence-corrected chi connectivity index (χ4v) is 2.43. The summed E-state index contributed by atoms with van der Waals surface area (Å²) in [5.41, 5.74) is 6.58. The maximum atomic E-state index is 5.36. The van der Waals surface area contributed by atoms with Crippen LogP contribution in [0.5, 0.6) is 11.5 Å². The molecule has 1 heterocycles. The van der Waals surface area contributed by atoms with Crippen LogP contribution in [-0.2, 0) is 0 Å². The summed E-state index contributed by atoms with van der Waals surface area (Å²) in [4.78, 5) is 0. The molecule has 0 saturated carbocycles. The van der Waals surface area contributed by atoms with Crippen LogP contribution in [0.25, 0.3) is 0 Å². The van der Waals surface area contributed by atoms with Crippen molar-refractivity contribution in [3.8, 4) is 11.5 Å². The Morgan fingerprint density at radius 2 is 1.80 bits per heavy atom. The van der Waals surface area contributed by atoms with Gasteiger partial charge in [0, 0.05) is 5.56 Å². The fourth-order valence-electron chi connectivity index (χ4n) is 2.43. The number of hydrogen-bond acceptors (Lipinski definition) is 4. The Kier molecular flexibility index (Phi) is 3.29. The first-order valence-corrected chi connectivity index (χ1v) is 6.43. The highest BCUT2D eigenvalue weighted by Crippen LogP contribution is 2.33. The third-order valence-corrected chi connectivity index (χ3v) is 3.46. The van der Waals surface area contributed by atoms with E-state index >= 15 is 0 Å². The molecule has 4 nitrogen and oxygen atoms in total. The highest BCUT2D eigenvalue weighted by Gasteiger charge is 2.20. The van der Waals surface area contributed by atoms with E-state index < -0.39 is 0 Å². The van der Waals surface area contributed by atoms with Crippen molar-refractivity contribution in [2.75, 3.05) is 14.2 Å². The highest BCUT2D eigenvalue weighted by molar-refractivity contribution is 5.83. The van der Waals surface area contributed by atoms with E-state index in [-0.39, 0.29) is 6.04 Å². The Morgan fingerprint density at radius 1 is 1.00 bits per heavy atom. The Labute approximate surface area is 118 Å². The third kappa shape index (κ3) is 2.09. The zero-order chi connectivity index (χ0) is 13.9. The van der Waals surface area contributed by atoms with Crippen LogP contribution < -0.4 is 14.9 Å². The molecule has 1 aliphatic rings. The van der Waals surface area contributed by atoms with Crippen LogP contribution >= 0.6 is 0 Å². The fraction of sp³-hybridized carbons (Fsp3) is 0.188. The number of hydrazone groups is 1. The predicted octanol–water partition coefficient (Wildman–Crippen LogP) is 2.73. The number of rotatable bonds is 3. The standard InChI is InChI=1S/C16H16N2O2/c1-19-14-8-7-11(9-15(14)20-2)16-13-6-4-3-5-12(13)10-17-18-16/h3-10,16,18H,1-2H3. The highest BCUT2D eigenvalue weighted by atomic mass is 16.5. The second-order valence-corrected chi connectivity index (χ2v) is 4.56. The molecule has 1 unspecified atom stereocenters. The molecule has 0 spiro atoms. The van der Waals surface area contributed by atoms with Crippen LogP contribution in [0.3, 0.4) is 0 Å². The molecule has 0 aromatic heterocycles. The van der Waals surface area contributed by atoms with Gasteiger partial charge in [-0.1, -0.05) is 30.3 Å². The Morgan fingerprint density at radius 3 is 2.60 bits per heavy atom. The topological polar surface area (TPSA) is 42.8 Å². The van der Waals surface area contributed by atoms with Crippen LogP contribution in [0.15, 0.2) is 47.6 Å². The SMILES string of the molecule is COc1ccc(C2NN=Cc3ccccc32)cc1OC. The lowest BCUT2D eigenvalue weighted by Gasteiger charge is -2.23. The average molecular weight is 268 g/mol. The van der Waals surface area contributed by atoms with Gasteiger partial charge in [0.15, 0.2) is 11.5 Å². The van der Waals surface area contributed by atoms with E-state index in [1.807, 2.05) is 36.5 Å². The summed E-state index contributed by atoms with van der Waals surface area (Å²) in [6.07, 6.45) is 1.84. The van der Waals surface area contributed by atoms with Gasteiger partial charge in [0.1, 0.15) is 0 Å². The third-order valence-electron chi connectivity index (χ3n) is 3.46. The first-order chi connectivity index (χ1) is 9.83. The van der Waals surface area contributed by atoms with Gasteiger partial charge in [0.2, 0.25) is 0 Å². The van der Waals surface area contributed by atoms with Gasteiger partial charge in [-0.2, -0.15) is 5.10 Å². The molecule has 0 fully saturated rings. The van der Waals surface area contributed by atoms with Gasteiger partial charge in [-0.3, -0.25) is 5.43 Å². The smallest absolute Gasteiger partial charge is 0.161 e. The summed E-state index contributed by atoms with van der Waals surface area (Å²) in [6.45, 7) is 0. The molecule has 4 heteroatoms. The van der Waals surface area contributed by atoms with Gasteiger partial charge in [0.25, 0.3) is 0 Å². The average Bonchev–Trinajstić information content (AvgIpc) is 2.53. The van der Waals surface area contributed by atoms with Crippen LogP contribution in [0, 0.1) is 0 Å². The normalized spacial score (nSPS) is 16.2. The maximum Gasteiger partial charge on any atom is 0.161 e. The number of fused-ring (bicyclic) bond motifs is 1. The van der Waals surface area contributed by atoms with E-state index in [1.165, 1.54) is 5.56 Å². The largest absolute Gasteiger partial charge is 0.493 e. The number of methoxy groups -OCH3 is 2. The molecule has 0 amide bonds. The van der Waals surface area contributed by atoms with Crippen molar-refractivity contribution >= 4 is 6.21 Å². The minimum absolute atomic E-state index is 0.0241. The van der Waals surface area contributed by atoms with Gasteiger partial charge in [-0.15, -0.1) is 0 Å². The van der Waals surface area contributed by atoms with Crippen molar-refractivity contribution in [1.29, 1.82) is 0 Å². The van der Waals surface area contributed by atoms with Gasteiger partial charge in [-0.05, 0) is 23.3 Å². The van der Waals surface area contributed by atoms with E-state index in [0.29, 0.717) is 0 Å². The molecule has 1 aliphatic heterocycles. The molecular weight excluding hydrogens is 252 g/mol. The molecule has 20 heavy (non-hydrogen) atoms. The summed E-state index contributed by atoms with van der Waals surface area (Å²) < 4.78 is 10.6. The van der Waals surface area contributed by atoms with Crippen LogP contribution in [0.4, 0.5) is 0 Å². The van der Waals surface area contributed by atoms with Crippen molar-refractivity contribution < 1.29 is 9.47 Å². The number of nitrogens with one attached hydrogen (secondary N) is 1. The lowest BCUT2D eigenvalue weighted by molar-refractivity contribution is 0.354. The van der Waals surface area contributed by atoms with Crippen molar-refractivity contribution in [2.45, 2.75) is 6.04 Å². The molecule has 0 radical (unpaired) electrons. The van der Waals surface area contributed by atoms with Crippen molar-refractivity contribution in [3.63, 3.8) is 0 Å². The molecule has 102 valence electrons. The zero-order valence-electron chi connectivity index (χ0n) is 11.5. The summed E-state index contributed by atoms with van der Waals surface area (Å²) in [5, 5.41) is 4.23. The molecule has 0 bridgehead atoms. The van der Waals surface area contributed by atoms with Crippen molar-refractivity contribution in [2.24, 2.45) is 5.10 Å². The molecule has 1 atom stereocenters. The molecule has 3 rings (SSSR count). The minimum atomic E-state index is 0.0241. The summed E-state index contributed by atoms with van der Waals surface area (Å²) in [6, 6.07) is 14.2. The van der Waals surface area contributed by atoms with Crippen LogP contribution in [0.1, 0.15) is 22.7 Å². The Hall–Kier alpha value is -2.49. The second-order valence-electron chi connectivity index (χ2n) is 4.56. The van der Waals surface area contributed by atoms with Crippen molar-refractivity contribution in [1.82, 2.24) is 5.43 Å².